The van der Waals surface area contributed by atoms with Crippen LogP contribution in [-0.2, 0) is 0 Å². The molecule has 0 saturated carbocycles. The molecule has 2 aromatic rings. The number of hydrogen-bond acceptors (Lipinski definition) is 2. The van der Waals surface area contributed by atoms with Gasteiger partial charge in [0.15, 0.2) is 0 Å². The SMILES string of the molecule is CC(Nc1c(N)cccc1Cl)c1ccc(F)cc1. The summed E-state index contributed by atoms with van der Waals surface area (Å²) >= 11 is 6.08. The van der Waals surface area contributed by atoms with Crippen molar-refractivity contribution in [2.45, 2.75) is 13.0 Å². The van der Waals surface area contributed by atoms with E-state index in [0.717, 1.165) is 5.56 Å². The molecule has 94 valence electrons. The number of anilines is 2. The average Bonchev–Trinajstić information content (AvgIpc) is 2.34. The van der Waals surface area contributed by atoms with Crippen LogP contribution in [0.15, 0.2) is 42.5 Å². The third kappa shape index (κ3) is 2.74. The van der Waals surface area contributed by atoms with Crippen LogP contribution in [0.3, 0.4) is 0 Å². The Hall–Kier alpha value is -1.74. The van der Waals surface area contributed by atoms with Crippen LogP contribution in [0.4, 0.5) is 15.8 Å². The molecular weight excluding hydrogens is 251 g/mol. The van der Waals surface area contributed by atoms with Crippen LogP contribution < -0.4 is 11.1 Å². The van der Waals surface area contributed by atoms with Crippen LogP contribution in [0.2, 0.25) is 5.02 Å². The Kier molecular flexibility index (Phi) is 3.72. The van der Waals surface area contributed by atoms with Crippen molar-refractivity contribution in [1.82, 2.24) is 0 Å². The Morgan fingerprint density at radius 2 is 1.83 bits per heavy atom. The highest BCUT2D eigenvalue weighted by atomic mass is 35.5. The number of hydrogen-bond donors (Lipinski definition) is 2. The van der Waals surface area contributed by atoms with E-state index in [1.54, 1.807) is 30.3 Å². The molecule has 0 radical (unpaired) electrons. The third-order valence-electron chi connectivity index (χ3n) is 2.78. The summed E-state index contributed by atoms with van der Waals surface area (Å²) in [6, 6.07) is 11.7. The van der Waals surface area contributed by atoms with E-state index < -0.39 is 0 Å². The molecule has 2 aromatic carbocycles. The lowest BCUT2D eigenvalue weighted by molar-refractivity contribution is 0.626. The van der Waals surface area contributed by atoms with Gasteiger partial charge in [-0.2, -0.15) is 0 Å². The molecule has 18 heavy (non-hydrogen) atoms. The Morgan fingerprint density at radius 1 is 1.17 bits per heavy atom. The van der Waals surface area contributed by atoms with Crippen molar-refractivity contribution in [3.8, 4) is 0 Å². The standard InChI is InChI=1S/C14H14ClFN2/c1-9(10-5-7-11(16)8-6-10)18-14-12(15)3-2-4-13(14)17/h2-9,18H,17H2,1H3. The molecule has 0 aliphatic rings. The van der Waals surface area contributed by atoms with Gasteiger partial charge in [-0.1, -0.05) is 29.8 Å². The van der Waals surface area contributed by atoms with Crippen LogP contribution in [0.1, 0.15) is 18.5 Å². The number of nitrogens with two attached hydrogens (primary N) is 1. The highest BCUT2D eigenvalue weighted by Crippen LogP contribution is 2.31. The van der Waals surface area contributed by atoms with Gasteiger partial charge in [0, 0.05) is 6.04 Å². The van der Waals surface area contributed by atoms with Crippen LogP contribution in [0.25, 0.3) is 0 Å². The Bertz CT molecular complexity index is 520. The molecule has 0 bridgehead atoms. The van der Waals surface area contributed by atoms with Crippen LogP contribution >= 0.6 is 11.6 Å². The quantitative estimate of drug-likeness (QED) is 0.814. The number of halogens is 2. The number of nitrogens with one attached hydrogen (secondary N) is 1. The van der Waals surface area contributed by atoms with Crippen molar-refractivity contribution in [3.05, 3.63) is 58.9 Å². The largest absolute Gasteiger partial charge is 0.397 e. The fraction of sp³-hybridized carbons (Fsp3) is 0.143. The summed E-state index contributed by atoms with van der Waals surface area (Å²) in [4.78, 5) is 0. The second-order valence-corrected chi connectivity index (χ2v) is 4.53. The molecule has 0 amide bonds. The van der Waals surface area contributed by atoms with Gasteiger partial charge in [0.05, 0.1) is 16.4 Å². The van der Waals surface area contributed by atoms with E-state index in [1.165, 1.54) is 12.1 Å². The highest BCUT2D eigenvalue weighted by molar-refractivity contribution is 6.33. The van der Waals surface area contributed by atoms with Crippen molar-refractivity contribution in [2.75, 3.05) is 11.1 Å². The number of rotatable bonds is 3. The average molecular weight is 265 g/mol. The molecule has 0 aromatic heterocycles. The zero-order valence-corrected chi connectivity index (χ0v) is 10.7. The van der Waals surface area contributed by atoms with E-state index in [0.29, 0.717) is 16.4 Å². The zero-order chi connectivity index (χ0) is 13.1. The second-order valence-electron chi connectivity index (χ2n) is 4.12. The minimum atomic E-state index is -0.247. The molecule has 2 nitrogen and oxygen atoms in total. The van der Waals surface area contributed by atoms with Gasteiger partial charge in [-0.15, -0.1) is 0 Å². The Morgan fingerprint density at radius 3 is 2.44 bits per heavy atom. The van der Waals surface area contributed by atoms with Gasteiger partial charge >= 0.3 is 0 Å². The van der Waals surface area contributed by atoms with Crippen molar-refractivity contribution in [2.24, 2.45) is 0 Å². The summed E-state index contributed by atoms with van der Waals surface area (Å²) < 4.78 is 12.8. The van der Waals surface area contributed by atoms with E-state index in [9.17, 15) is 4.39 Å². The summed E-state index contributed by atoms with van der Waals surface area (Å²) in [5.41, 5.74) is 8.13. The van der Waals surface area contributed by atoms with Crippen molar-refractivity contribution >= 4 is 23.0 Å². The summed E-state index contributed by atoms with van der Waals surface area (Å²) in [6.07, 6.45) is 0. The second kappa shape index (κ2) is 5.27. The maximum absolute atomic E-state index is 12.8. The van der Waals surface area contributed by atoms with Gasteiger partial charge in [0.2, 0.25) is 0 Å². The molecule has 0 spiro atoms. The highest BCUT2D eigenvalue weighted by Gasteiger charge is 2.10. The van der Waals surface area contributed by atoms with Crippen LogP contribution in [0, 0.1) is 5.82 Å². The topological polar surface area (TPSA) is 38.0 Å². The van der Waals surface area contributed by atoms with E-state index in [1.807, 2.05) is 6.92 Å². The minimum Gasteiger partial charge on any atom is -0.397 e. The van der Waals surface area contributed by atoms with Gasteiger partial charge in [-0.25, -0.2) is 4.39 Å². The first kappa shape index (κ1) is 12.7. The molecule has 2 rings (SSSR count). The van der Waals surface area contributed by atoms with Crippen LogP contribution in [-0.4, -0.2) is 0 Å². The summed E-state index contributed by atoms with van der Waals surface area (Å²) in [5, 5.41) is 3.81. The molecule has 0 aliphatic heterocycles. The Balaban J connectivity index is 2.21. The maximum Gasteiger partial charge on any atom is 0.123 e. The predicted octanol–water partition coefficient (Wildman–Crippen LogP) is 4.23. The van der Waals surface area contributed by atoms with Gasteiger partial charge in [0.25, 0.3) is 0 Å². The summed E-state index contributed by atoms with van der Waals surface area (Å²) in [6.45, 7) is 1.97. The van der Waals surface area contributed by atoms with E-state index in [-0.39, 0.29) is 11.9 Å². The lowest BCUT2D eigenvalue weighted by Crippen LogP contribution is -2.08. The molecule has 0 aliphatic carbocycles. The van der Waals surface area contributed by atoms with Crippen molar-refractivity contribution < 1.29 is 4.39 Å². The smallest absolute Gasteiger partial charge is 0.123 e. The molecule has 0 heterocycles. The van der Waals surface area contributed by atoms with E-state index in [2.05, 4.69) is 5.32 Å². The fourth-order valence-electron chi connectivity index (χ4n) is 1.74. The molecule has 3 N–H and O–H groups in total. The number of nitrogen functional groups attached to an aromatic ring is 1. The maximum atomic E-state index is 12.8. The molecule has 1 unspecified atom stereocenters. The molecule has 1 atom stereocenters. The lowest BCUT2D eigenvalue weighted by atomic mass is 10.1. The van der Waals surface area contributed by atoms with Crippen LogP contribution in [0.5, 0.6) is 0 Å². The molecule has 0 fully saturated rings. The zero-order valence-electron chi connectivity index (χ0n) is 9.95. The number of para-hydroxylation sites is 1. The van der Waals surface area contributed by atoms with Crippen molar-refractivity contribution in [1.29, 1.82) is 0 Å². The lowest BCUT2D eigenvalue weighted by Gasteiger charge is -2.18. The Labute approximate surface area is 111 Å². The first-order valence-corrected chi connectivity index (χ1v) is 6.01. The van der Waals surface area contributed by atoms with Gasteiger partial charge in [-0.05, 0) is 36.8 Å². The fourth-order valence-corrected chi connectivity index (χ4v) is 1.98. The first-order chi connectivity index (χ1) is 8.58. The monoisotopic (exact) mass is 264 g/mol. The molecule has 4 heteroatoms. The van der Waals surface area contributed by atoms with Gasteiger partial charge < -0.3 is 11.1 Å². The third-order valence-corrected chi connectivity index (χ3v) is 3.09. The molecule has 0 saturated heterocycles. The predicted molar refractivity (Wildman–Crippen MR) is 74.3 cm³/mol. The van der Waals surface area contributed by atoms with Crippen molar-refractivity contribution in [3.63, 3.8) is 0 Å². The first-order valence-electron chi connectivity index (χ1n) is 5.64. The summed E-state index contributed by atoms with van der Waals surface area (Å²) in [7, 11) is 0. The molecular formula is C14H14ClFN2. The normalized spacial score (nSPS) is 12.2. The number of benzene rings is 2. The van der Waals surface area contributed by atoms with Gasteiger partial charge in [-0.3, -0.25) is 0 Å². The summed E-state index contributed by atoms with van der Waals surface area (Å²) in [5.74, 6) is -0.247. The minimum absolute atomic E-state index is 0.00667. The van der Waals surface area contributed by atoms with Gasteiger partial charge in [0.1, 0.15) is 5.82 Å². The van der Waals surface area contributed by atoms with E-state index >= 15 is 0 Å². The van der Waals surface area contributed by atoms with E-state index in [4.69, 9.17) is 17.3 Å².